The van der Waals surface area contributed by atoms with E-state index in [1.807, 2.05) is 48.2 Å². The lowest BCUT2D eigenvalue weighted by molar-refractivity contribution is 0.142. The van der Waals surface area contributed by atoms with Crippen LogP contribution in [0.25, 0.3) is 0 Å². The van der Waals surface area contributed by atoms with Gasteiger partial charge in [-0.05, 0) is 30.7 Å². The van der Waals surface area contributed by atoms with Crippen LogP contribution < -0.4 is 10.1 Å². The number of nitrogens with one attached hydrogen (secondary N) is 1. The molecule has 1 saturated heterocycles. The maximum atomic E-state index is 12.5. The molecule has 138 valence electrons. The van der Waals surface area contributed by atoms with Crippen LogP contribution in [0.3, 0.4) is 0 Å². The quantitative estimate of drug-likeness (QED) is 0.880. The Hall–Kier alpha value is -2.24. The lowest BCUT2D eigenvalue weighted by Crippen LogP contribution is -2.49. The molecule has 5 nitrogen and oxygen atoms in total. The van der Waals surface area contributed by atoms with Crippen LogP contribution >= 0.6 is 11.6 Å². The molecule has 3 rings (SSSR count). The van der Waals surface area contributed by atoms with Crippen molar-refractivity contribution in [2.45, 2.75) is 13.5 Å². The van der Waals surface area contributed by atoms with Crippen LogP contribution in [-0.2, 0) is 6.54 Å². The van der Waals surface area contributed by atoms with E-state index in [1.54, 1.807) is 7.11 Å². The Morgan fingerprint density at radius 2 is 1.85 bits per heavy atom. The molecule has 2 aromatic carbocycles. The number of hydrogen-bond donors (Lipinski definition) is 1. The Morgan fingerprint density at radius 3 is 2.58 bits per heavy atom. The minimum atomic E-state index is -0.0766. The van der Waals surface area contributed by atoms with Crippen molar-refractivity contribution in [2.75, 3.05) is 38.6 Å². The highest BCUT2D eigenvalue weighted by molar-refractivity contribution is 6.31. The summed E-state index contributed by atoms with van der Waals surface area (Å²) in [7, 11) is 1.69. The second-order valence-corrected chi connectivity index (χ2v) is 6.82. The van der Waals surface area contributed by atoms with Crippen LogP contribution in [0.1, 0.15) is 11.1 Å². The summed E-state index contributed by atoms with van der Waals surface area (Å²) in [5.74, 6) is 0.907. The first-order chi connectivity index (χ1) is 12.6. The van der Waals surface area contributed by atoms with Crippen molar-refractivity contribution < 1.29 is 9.53 Å². The van der Waals surface area contributed by atoms with Gasteiger partial charge in [0.2, 0.25) is 0 Å². The van der Waals surface area contributed by atoms with Crippen LogP contribution in [0, 0.1) is 6.92 Å². The van der Waals surface area contributed by atoms with E-state index in [2.05, 4.69) is 16.3 Å². The van der Waals surface area contributed by atoms with Gasteiger partial charge in [0, 0.05) is 49.0 Å². The number of amides is 2. The molecule has 2 aromatic rings. The Kier molecular flexibility index (Phi) is 6.01. The normalized spacial score (nSPS) is 15.0. The van der Waals surface area contributed by atoms with E-state index in [1.165, 1.54) is 5.56 Å². The molecular formula is C20H24ClN3O2. The third-order valence-corrected chi connectivity index (χ3v) is 5.16. The summed E-state index contributed by atoms with van der Waals surface area (Å²) >= 11 is 6.12. The van der Waals surface area contributed by atoms with E-state index in [9.17, 15) is 4.79 Å². The molecule has 0 aromatic heterocycles. The number of urea groups is 1. The fourth-order valence-corrected chi connectivity index (χ4v) is 3.30. The largest absolute Gasteiger partial charge is 0.496 e. The third kappa shape index (κ3) is 4.29. The molecule has 2 amide bonds. The zero-order valence-corrected chi connectivity index (χ0v) is 15.9. The zero-order valence-electron chi connectivity index (χ0n) is 15.2. The summed E-state index contributed by atoms with van der Waals surface area (Å²) in [6, 6.07) is 13.5. The summed E-state index contributed by atoms with van der Waals surface area (Å²) < 4.78 is 5.42. The van der Waals surface area contributed by atoms with Gasteiger partial charge < -0.3 is 15.0 Å². The number of hydrogen-bond acceptors (Lipinski definition) is 3. The van der Waals surface area contributed by atoms with E-state index in [-0.39, 0.29) is 6.03 Å². The summed E-state index contributed by atoms with van der Waals surface area (Å²) in [6.07, 6.45) is 0. The molecule has 0 bridgehead atoms. The Balaban J connectivity index is 1.55. The monoisotopic (exact) mass is 373 g/mol. The number of nitrogens with zero attached hydrogens (tertiary/aromatic N) is 2. The lowest BCUT2D eigenvalue weighted by atomic mass is 10.1. The third-order valence-electron chi connectivity index (χ3n) is 4.76. The Morgan fingerprint density at radius 1 is 1.12 bits per heavy atom. The van der Waals surface area contributed by atoms with Gasteiger partial charge in [-0.2, -0.15) is 0 Å². The summed E-state index contributed by atoms with van der Waals surface area (Å²) in [5.41, 5.74) is 2.82. The van der Waals surface area contributed by atoms with E-state index >= 15 is 0 Å². The molecular weight excluding hydrogens is 350 g/mol. The lowest BCUT2D eigenvalue weighted by Gasteiger charge is -2.35. The van der Waals surface area contributed by atoms with Gasteiger partial charge in [0.05, 0.1) is 7.11 Å². The molecule has 0 saturated carbocycles. The molecule has 0 atom stereocenters. The standard InChI is InChI=1S/C20H24ClN3O2/c1-15-17(21)7-5-8-18(15)22-20(25)24-12-10-23(11-13-24)14-16-6-3-4-9-19(16)26-2/h3-9H,10-14H2,1-2H3,(H,22,25). The predicted molar refractivity (Wildman–Crippen MR) is 105 cm³/mol. The van der Waals surface area contributed by atoms with Gasteiger partial charge in [0.15, 0.2) is 0 Å². The Labute approximate surface area is 159 Å². The van der Waals surface area contributed by atoms with Gasteiger partial charge in [0.25, 0.3) is 0 Å². The van der Waals surface area contributed by atoms with Crippen LogP contribution in [0.5, 0.6) is 5.75 Å². The molecule has 1 aliphatic rings. The molecule has 0 unspecified atom stereocenters. The molecule has 1 aliphatic heterocycles. The summed E-state index contributed by atoms with van der Waals surface area (Å²) in [4.78, 5) is 16.7. The van der Waals surface area contributed by atoms with Crippen molar-refractivity contribution >= 4 is 23.3 Å². The zero-order chi connectivity index (χ0) is 18.5. The van der Waals surface area contributed by atoms with E-state index < -0.39 is 0 Å². The highest BCUT2D eigenvalue weighted by atomic mass is 35.5. The van der Waals surface area contributed by atoms with Gasteiger partial charge in [0.1, 0.15) is 5.75 Å². The van der Waals surface area contributed by atoms with Gasteiger partial charge in [-0.3, -0.25) is 4.90 Å². The number of rotatable bonds is 4. The first-order valence-corrected chi connectivity index (χ1v) is 9.11. The number of anilines is 1. The van der Waals surface area contributed by atoms with Crippen LogP contribution in [0.15, 0.2) is 42.5 Å². The molecule has 1 N–H and O–H groups in total. The average molecular weight is 374 g/mol. The molecule has 0 radical (unpaired) electrons. The molecule has 6 heteroatoms. The molecule has 1 fully saturated rings. The second-order valence-electron chi connectivity index (χ2n) is 6.42. The molecule has 1 heterocycles. The van der Waals surface area contributed by atoms with Crippen LogP contribution in [-0.4, -0.2) is 49.1 Å². The fourth-order valence-electron chi connectivity index (χ4n) is 3.12. The van der Waals surface area contributed by atoms with Gasteiger partial charge in [-0.15, -0.1) is 0 Å². The first-order valence-electron chi connectivity index (χ1n) is 8.74. The highest BCUT2D eigenvalue weighted by Gasteiger charge is 2.22. The predicted octanol–water partition coefficient (Wildman–Crippen LogP) is 4.01. The van der Waals surface area contributed by atoms with Gasteiger partial charge in [-0.1, -0.05) is 35.9 Å². The number of methoxy groups -OCH3 is 1. The molecule has 0 spiro atoms. The number of benzene rings is 2. The van der Waals surface area contributed by atoms with Crippen molar-refractivity contribution in [3.05, 3.63) is 58.6 Å². The van der Waals surface area contributed by atoms with E-state index in [0.717, 1.165) is 36.6 Å². The number of piperazine rings is 1. The number of ether oxygens (including phenoxy) is 1. The molecule has 26 heavy (non-hydrogen) atoms. The number of carbonyl (C=O) groups is 1. The van der Waals surface area contributed by atoms with Gasteiger partial charge >= 0.3 is 6.03 Å². The summed E-state index contributed by atoms with van der Waals surface area (Å²) in [5, 5.41) is 3.62. The number of halogens is 1. The number of carbonyl (C=O) groups excluding carboxylic acids is 1. The van der Waals surface area contributed by atoms with Gasteiger partial charge in [-0.25, -0.2) is 4.79 Å². The van der Waals surface area contributed by atoms with Crippen molar-refractivity contribution in [3.63, 3.8) is 0 Å². The van der Waals surface area contributed by atoms with E-state index in [4.69, 9.17) is 16.3 Å². The number of para-hydroxylation sites is 1. The van der Waals surface area contributed by atoms with Crippen LogP contribution in [0.2, 0.25) is 5.02 Å². The van der Waals surface area contributed by atoms with Crippen molar-refractivity contribution in [1.29, 1.82) is 0 Å². The highest BCUT2D eigenvalue weighted by Crippen LogP contribution is 2.24. The minimum Gasteiger partial charge on any atom is -0.496 e. The van der Waals surface area contributed by atoms with E-state index in [0.29, 0.717) is 18.1 Å². The van der Waals surface area contributed by atoms with Crippen molar-refractivity contribution in [3.8, 4) is 5.75 Å². The SMILES string of the molecule is COc1ccccc1CN1CCN(C(=O)Nc2cccc(Cl)c2C)CC1. The van der Waals surface area contributed by atoms with Crippen LogP contribution in [0.4, 0.5) is 10.5 Å². The summed E-state index contributed by atoms with van der Waals surface area (Å²) in [6.45, 7) is 5.79. The smallest absolute Gasteiger partial charge is 0.321 e. The first kappa shape index (κ1) is 18.5. The maximum absolute atomic E-state index is 12.5. The fraction of sp³-hybridized carbons (Fsp3) is 0.350. The van der Waals surface area contributed by atoms with Crippen molar-refractivity contribution in [1.82, 2.24) is 9.80 Å². The minimum absolute atomic E-state index is 0.0766. The maximum Gasteiger partial charge on any atom is 0.321 e. The molecule has 0 aliphatic carbocycles. The van der Waals surface area contributed by atoms with Crippen molar-refractivity contribution in [2.24, 2.45) is 0 Å². The second kappa shape index (κ2) is 8.43. The Bertz CT molecular complexity index is 773. The topological polar surface area (TPSA) is 44.8 Å². The average Bonchev–Trinajstić information content (AvgIpc) is 2.66.